The van der Waals surface area contributed by atoms with Crippen LogP contribution < -0.4 is 4.90 Å². The Labute approximate surface area is 183 Å². The highest BCUT2D eigenvalue weighted by atomic mass is 35.5. The van der Waals surface area contributed by atoms with Gasteiger partial charge in [0.1, 0.15) is 6.29 Å². The third-order valence-electron chi connectivity index (χ3n) is 5.82. The van der Waals surface area contributed by atoms with Gasteiger partial charge in [-0.1, -0.05) is 41.4 Å². The number of aldehydes is 1. The number of anilines is 1. The summed E-state index contributed by atoms with van der Waals surface area (Å²) in [4.78, 5) is 15.7. The van der Waals surface area contributed by atoms with Crippen molar-refractivity contribution >= 4 is 35.2 Å². The number of nitrogens with zero attached hydrogens (tertiary/aromatic N) is 2. The van der Waals surface area contributed by atoms with Crippen molar-refractivity contribution in [1.82, 2.24) is 4.90 Å². The Kier molecular flexibility index (Phi) is 7.96. The number of aliphatic hydroxyl groups is 1. The maximum absolute atomic E-state index is 10.9. The number of carbonyl (C=O) groups excluding carboxylic acids is 1. The second-order valence-electron chi connectivity index (χ2n) is 7.65. The molecule has 2 heterocycles. The van der Waals surface area contributed by atoms with Crippen molar-refractivity contribution in [3.05, 3.63) is 63.6 Å². The zero-order valence-corrected chi connectivity index (χ0v) is 18.2. The van der Waals surface area contributed by atoms with Crippen molar-refractivity contribution in [2.75, 3.05) is 38.2 Å². The minimum Gasteiger partial charge on any atom is -0.400 e. The summed E-state index contributed by atoms with van der Waals surface area (Å²) < 4.78 is 0. The zero-order chi connectivity index (χ0) is 20.8. The molecule has 0 saturated carbocycles. The molecule has 4 nitrogen and oxygen atoms in total. The van der Waals surface area contributed by atoms with Gasteiger partial charge in [0, 0.05) is 54.3 Å². The molecule has 2 aromatic rings. The van der Waals surface area contributed by atoms with E-state index in [-0.39, 0.29) is 5.92 Å². The molecule has 0 spiro atoms. The molecule has 0 aromatic heterocycles. The fourth-order valence-electron chi connectivity index (χ4n) is 4.09. The van der Waals surface area contributed by atoms with Crippen LogP contribution in [0.25, 0.3) is 0 Å². The molecule has 0 aliphatic carbocycles. The highest BCUT2D eigenvalue weighted by Gasteiger charge is 2.31. The molecular formula is C23H28Cl2N2O2. The second kappa shape index (κ2) is 10.4. The van der Waals surface area contributed by atoms with E-state index >= 15 is 0 Å². The lowest BCUT2D eigenvalue weighted by Gasteiger charge is -2.42. The average Bonchev–Trinajstić information content (AvgIpc) is 2.72. The summed E-state index contributed by atoms with van der Waals surface area (Å²) in [6.45, 7) is 4.88. The van der Waals surface area contributed by atoms with E-state index in [4.69, 9.17) is 28.3 Å². The van der Waals surface area contributed by atoms with Crippen LogP contribution in [0.1, 0.15) is 29.9 Å². The van der Waals surface area contributed by atoms with Crippen molar-refractivity contribution in [2.45, 2.75) is 25.3 Å². The zero-order valence-electron chi connectivity index (χ0n) is 16.7. The maximum atomic E-state index is 10.9. The Hall–Kier alpha value is -1.59. The van der Waals surface area contributed by atoms with Gasteiger partial charge >= 0.3 is 0 Å². The monoisotopic (exact) mass is 434 g/mol. The molecule has 156 valence electrons. The van der Waals surface area contributed by atoms with Gasteiger partial charge in [-0.25, -0.2) is 0 Å². The number of halogens is 2. The predicted octanol–water partition coefficient (Wildman–Crippen LogP) is 4.62. The average molecular weight is 435 g/mol. The first-order valence-corrected chi connectivity index (χ1v) is 10.8. The Balaban J connectivity index is 0.00000117. The molecule has 6 heteroatoms. The van der Waals surface area contributed by atoms with E-state index < -0.39 is 0 Å². The minimum atomic E-state index is 0.259. The van der Waals surface area contributed by atoms with Gasteiger partial charge in [0.2, 0.25) is 0 Å². The fraction of sp³-hybridized carbons (Fsp3) is 0.435. The van der Waals surface area contributed by atoms with Crippen molar-refractivity contribution in [1.29, 1.82) is 0 Å². The molecular weight excluding hydrogens is 407 g/mol. The van der Waals surface area contributed by atoms with E-state index in [9.17, 15) is 4.79 Å². The van der Waals surface area contributed by atoms with Crippen LogP contribution in [0.15, 0.2) is 42.5 Å². The van der Waals surface area contributed by atoms with Gasteiger partial charge in [-0.3, -0.25) is 4.90 Å². The molecule has 2 aromatic carbocycles. The summed E-state index contributed by atoms with van der Waals surface area (Å²) in [6.07, 6.45) is 3.09. The van der Waals surface area contributed by atoms with Gasteiger partial charge in [0.05, 0.1) is 0 Å². The molecule has 2 fully saturated rings. The lowest BCUT2D eigenvalue weighted by molar-refractivity contribution is -0.112. The summed E-state index contributed by atoms with van der Waals surface area (Å²) in [5.74, 6) is 0.652. The van der Waals surface area contributed by atoms with Crippen LogP contribution in [0.5, 0.6) is 0 Å². The number of hydrogen-bond acceptors (Lipinski definition) is 4. The number of rotatable bonds is 5. The number of likely N-dealkylation sites (tertiary alicyclic amines) is 1. The predicted molar refractivity (Wildman–Crippen MR) is 120 cm³/mol. The number of piperidine rings is 1. The summed E-state index contributed by atoms with van der Waals surface area (Å²) in [5.41, 5.74) is 3.65. The molecule has 0 amide bonds. The summed E-state index contributed by atoms with van der Waals surface area (Å²) in [5, 5.41) is 8.53. The first-order valence-electron chi connectivity index (χ1n) is 10.0. The lowest BCUT2D eigenvalue weighted by atomic mass is 9.90. The Morgan fingerprint density at radius 3 is 2.14 bits per heavy atom. The summed E-state index contributed by atoms with van der Waals surface area (Å²) >= 11 is 12.7. The minimum absolute atomic E-state index is 0.259. The van der Waals surface area contributed by atoms with Crippen LogP contribution in [0, 0.1) is 5.92 Å². The van der Waals surface area contributed by atoms with Crippen molar-refractivity contribution < 1.29 is 9.90 Å². The first kappa shape index (κ1) is 22.1. The van der Waals surface area contributed by atoms with E-state index in [2.05, 4.69) is 34.1 Å². The second-order valence-corrected chi connectivity index (χ2v) is 8.47. The van der Waals surface area contributed by atoms with Crippen LogP contribution in [0.3, 0.4) is 0 Å². The largest absolute Gasteiger partial charge is 0.400 e. The van der Waals surface area contributed by atoms with Crippen LogP contribution >= 0.6 is 23.2 Å². The number of aliphatic hydroxyl groups excluding tert-OH is 1. The fourth-order valence-corrected chi connectivity index (χ4v) is 4.80. The Bertz CT molecular complexity index is 779. The van der Waals surface area contributed by atoms with E-state index in [0.717, 1.165) is 74.6 Å². The van der Waals surface area contributed by atoms with Crippen molar-refractivity contribution in [3.8, 4) is 0 Å². The van der Waals surface area contributed by atoms with Gasteiger partial charge in [0.15, 0.2) is 0 Å². The lowest BCUT2D eigenvalue weighted by Crippen LogP contribution is -2.45. The number of carbonyl (C=O) groups is 1. The van der Waals surface area contributed by atoms with E-state index in [1.54, 1.807) is 0 Å². The number of benzene rings is 2. The van der Waals surface area contributed by atoms with Gasteiger partial charge in [-0.05, 0) is 61.3 Å². The molecule has 1 N–H and O–H groups in total. The van der Waals surface area contributed by atoms with Gasteiger partial charge < -0.3 is 14.8 Å². The highest BCUT2D eigenvalue weighted by Crippen LogP contribution is 2.38. The molecule has 0 unspecified atom stereocenters. The number of hydrogen-bond donors (Lipinski definition) is 1. The van der Waals surface area contributed by atoms with Crippen molar-refractivity contribution in [2.24, 2.45) is 5.92 Å². The van der Waals surface area contributed by atoms with Gasteiger partial charge in [0.25, 0.3) is 0 Å². The van der Waals surface area contributed by atoms with E-state index in [1.807, 2.05) is 18.2 Å². The summed E-state index contributed by atoms with van der Waals surface area (Å²) in [7, 11) is 1.00. The third-order valence-corrected chi connectivity index (χ3v) is 6.48. The van der Waals surface area contributed by atoms with Crippen LogP contribution in [0.4, 0.5) is 5.69 Å². The summed E-state index contributed by atoms with van der Waals surface area (Å²) in [6, 6.07) is 14.6. The molecule has 0 atom stereocenters. The molecule has 0 radical (unpaired) electrons. The normalized spacial score (nSPS) is 18.0. The molecule has 2 aliphatic rings. The first-order chi connectivity index (χ1) is 14.1. The molecule has 0 bridgehead atoms. The van der Waals surface area contributed by atoms with Gasteiger partial charge in [-0.15, -0.1) is 0 Å². The van der Waals surface area contributed by atoms with Gasteiger partial charge in [-0.2, -0.15) is 0 Å². The molecule has 2 saturated heterocycles. The quantitative estimate of drug-likeness (QED) is 0.697. The van der Waals surface area contributed by atoms with Crippen LogP contribution in [-0.4, -0.2) is 49.6 Å². The molecule has 4 rings (SSSR count). The van der Waals surface area contributed by atoms with E-state index in [0.29, 0.717) is 5.92 Å². The topological polar surface area (TPSA) is 43.8 Å². The Morgan fingerprint density at radius 2 is 1.59 bits per heavy atom. The van der Waals surface area contributed by atoms with Crippen LogP contribution in [-0.2, 0) is 11.3 Å². The standard InChI is InChI=1S/C22H24Cl2N2O.CH4O/c23-20-2-1-3-21(24)22(20)18-13-26(14-18)19-6-4-16(5-7-19)12-25-10-8-17(15-27)9-11-25;1-2/h1-7,15,17-18H,8-14H2;2H,1H3. The Morgan fingerprint density at radius 1 is 1.00 bits per heavy atom. The molecule has 2 aliphatic heterocycles. The smallest absolute Gasteiger partial charge is 0.123 e. The van der Waals surface area contributed by atoms with E-state index in [1.165, 1.54) is 11.3 Å². The van der Waals surface area contributed by atoms with Crippen molar-refractivity contribution in [3.63, 3.8) is 0 Å². The SMILES string of the molecule is CO.O=CC1CCN(Cc2ccc(N3CC(c4c(Cl)cccc4Cl)C3)cc2)CC1. The maximum Gasteiger partial charge on any atom is 0.123 e. The highest BCUT2D eigenvalue weighted by molar-refractivity contribution is 6.36. The molecule has 29 heavy (non-hydrogen) atoms. The van der Waals surface area contributed by atoms with Crippen LogP contribution in [0.2, 0.25) is 10.0 Å². The third kappa shape index (κ3) is 5.32.